The molecule has 55 heavy (non-hydrogen) atoms. The van der Waals surface area contributed by atoms with Crippen LogP contribution in [0.15, 0.2) is 59.9 Å². The van der Waals surface area contributed by atoms with E-state index in [4.69, 9.17) is 9.72 Å². The zero-order valence-electron chi connectivity index (χ0n) is 30.7. The number of imidazole rings is 2. The van der Waals surface area contributed by atoms with Gasteiger partial charge < -0.3 is 19.4 Å². The number of anilines is 1. The molecule has 284 valence electrons. The fourth-order valence-corrected chi connectivity index (χ4v) is 8.80. The number of aromatic nitrogens is 5. The van der Waals surface area contributed by atoms with E-state index >= 15 is 4.39 Å². The van der Waals surface area contributed by atoms with Gasteiger partial charge in [0.15, 0.2) is 0 Å². The Bertz CT molecular complexity index is 2420. The monoisotopic (exact) mass is 747 g/mol. The number of likely N-dealkylation sites (tertiary alicyclic amines) is 1. The van der Waals surface area contributed by atoms with Crippen molar-refractivity contribution in [1.29, 1.82) is 5.26 Å². The molecule has 3 amide bonds. The van der Waals surface area contributed by atoms with Crippen molar-refractivity contribution >= 4 is 40.1 Å². The average Bonchev–Trinajstić information content (AvgIpc) is 3.72. The summed E-state index contributed by atoms with van der Waals surface area (Å²) >= 11 is 0. The van der Waals surface area contributed by atoms with E-state index in [1.165, 1.54) is 34.7 Å². The second-order valence-corrected chi connectivity index (χ2v) is 15.0. The molecule has 1 saturated carbocycles. The van der Waals surface area contributed by atoms with Crippen LogP contribution in [0.3, 0.4) is 0 Å². The van der Waals surface area contributed by atoms with Crippen LogP contribution in [0.4, 0.5) is 10.1 Å². The molecule has 3 aliphatic rings. The van der Waals surface area contributed by atoms with Gasteiger partial charge in [0, 0.05) is 69.2 Å². The maximum absolute atomic E-state index is 16.1. The van der Waals surface area contributed by atoms with E-state index in [0.717, 1.165) is 50.0 Å². The summed E-state index contributed by atoms with van der Waals surface area (Å²) in [6.07, 6.45) is 10.4. The fraction of sp³-hybridized carbons (Fsp3) is 0.425. The predicted octanol–water partition coefficient (Wildman–Crippen LogP) is 4.59. The number of aryl methyl sites for hydroxylation is 1. The van der Waals surface area contributed by atoms with Crippen molar-refractivity contribution in [2.45, 2.75) is 69.0 Å². The molecule has 1 unspecified atom stereocenters. The second kappa shape index (κ2) is 14.7. The minimum atomic E-state index is -1.12. The molecule has 3 fully saturated rings. The zero-order chi connectivity index (χ0) is 38.4. The molecule has 0 radical (unpaired) electrons. The molecule has 4 aromatic heterocycles. The normalized spacial score (nSPS) is 23.4. The number of nitrogens with zero attached hydrogens (tertiary/aromatic N) is 7. The van der Waals surface area contributed by atoms with Crippen molar-refractivity contribution in [1.82, 2.24) is 33.7 Å². The molecule has 3 atom stereocenters. The average molecular weight is 748 g/mol. The third-order valence-electron chi connectivity index (χ3n) is 11.6. The number of nitriles is 1. The number of methoxy groups -OCH3 is 1. The Morgan fingerprint density at radius 1 is 1.09 bits per heavy atom. The van der Waals surface area contributed by atoms with E-state index in [1.54, 1.807) is 25.4 Å². The summed E-state index contributed by atoms with van der Waals surface area (Å²) in [4.78, 5) is 62.0. The number of halogens is 1. The summed E-state index contributed by atoms with van der Waals surface area (Å²) in [7, 11) is 3.19. The van der Waals surface area contributed by atoms with Crippen LogP contribution < -0.4 is 21.1 Å². The number of imide groups is 1. The number of ether oxygens (including phenoxy) is 1. The van der Waals surface area contributed by atoms with E-state index in [1.807, 2.05) is 28.8 Å². The van der Waals surface area contributed by atoms with E-state index < -0.39 is 24.0 Å². The predicted molar refractivity (Wildman–Crippen MR) is 201 cm³/mol. The van der Waals surface area contributed by atoms with Crippen LogP contribution in [0.1, 0.15) is 90.0 Å². The highest BCUT2D eigenvalue weighted by Gasteiger charge is 2.36. The van der Waals surface area contributed by atoms with Gasteiger partial charge in [-0.1, -0.05) is 12.1 Å². The number of para-hydroxylation sites is 1. The molecule has 5 aromatic rings. The minimum absolute atomic E-state index is 0.159. The van der Waals surface area contributed by atoms with Gasteiger partial charge in [-0.15, -0.1) is 0 Å². The highest BCUT2D eigenvalue weighted by molar-refractivity contribution is 6.05. The zero-order valence-corrected chi connectivity index (χ0v) is 30.7. The van der Waals surface area contributed by atoms with Crippen molar-refractivity contribution in [2.75, 3.05) is 32.1 Å². The summed E-state index contributed by atoms with van der Waals surface area (Å²) in [5.41, 5.74) is 4.37. The van der Waals surface area contributed by atoms with Gasteiger partial charge in [0.25, 0.3) is 5.91 Å². The summed E-state index contributed by atoms with van der Waals surface area (Å²) in [6, 6.07) is 9.99. The van der Waals surface area contributed by atoms with Crippen molar-refractivity contribution in [2.24, 2.45) is 13.0 Å². The number of pyridine rings is 2. The van der Waals surface area contributed by atoms with Gasteiger partial charge in [0.2, 0.25) is 11.8 Å². The molecule has 2 aliphatic heterocycles. The van der Waals surface area contributed by atoms with E-state index in [2.05, 4.69) is 20.5 Å². The van der Waals surface area contributed by atoms with E-state index in [-0.39, 0.29) is 41.8 Å². The van der Waals surface area contributed by atoms with Crippen molar-refractivity contribution in [3.05, 3.63) is 88.0 Å². The number of carbonyl (C=O) groups is 3. The first kappa shape index (κ1) is 36.1. The Morgan fingerprint density at radius 2 is 1.91 bits per heavy atom. The minimum Gasteiger partial charge on any atom is -0.494 e. The van der Waals surface area contributed by atoms with Crippen LogP contribution in [0.25, 0.3) is 16.7 Å². The van der Waals surface area contributed by atoms with Gasteiger partial charge >= 0.3 is 5.69 Å². The largest absolute Gasteiger partial charge is 0.494 e. The van der Waals surface area contributed by atoms with Crippen LogP contribution in [-0.4, -0.2) is 79.0 Å². The van der Waals surface area contributed by atoms with E-state index in [9.17, 15) is 24.4 Å². The van der Waals surface area contributed by atoms with Gasteiger partial charge in [-0.3, -0.25) is 33.8 Å². The van der Waals surface area contributed by atoms with Crippen molar-refractivity contribution in [3.8, 4) is 11.8 Å². The summed E-state index contributed by atoms with van der Waals surface area (Å²) in [5.74, 6) is -0.435. The van der Waals surface area contributed by atoms with Gasteiger partial charge in [-0.25, -0.2) is 14.2 Å². The van der Waals surface area contributed by atoms with Crippen LogP contribution in [-0.2, 0) is 16.6 Å². The first-order valence-corrected chi connectivity index (χ1v) is 18.7. The molecule has 1 aromatic carbocycles. The quantitative estimate of drug-likeness (QED) is 0.216. The topological polar surface area (TPSA) is 169 Å². The molecule has 8 rings (SSSR count). The maximum Gasteiger partial charge on any atom is 0.329 e. The molecule has 14 nitrogen and oxygen atoms in total. The first-order chi connectivity index (χ1) is 26.6. The highest BCUT2D eigenvalue weighted by atomic mass is 19.1. The lowest BCUT2D eigenvalue weighted by molar-refractivity contribution is -0.135. The Morgan fingerprint density at radius 3 is 2.65 bits per heavy atom. The molecule has 1 aliphatic carbocycles. The maximum atomic E-state index is 16.1. The number of hydrogen-bond donors (Lipinski definition) is 2. The number of carbonyl (C=O) groups excluding carboxylic acids is 3. The number of benzene rings is 1. The molecular weight excluding hydrogens is 705 g/mol. The molecule has 6 heterocycles. The van der Waals surface area contributed by atoms with Crippen molar-refractivity contribution < 1.29 is 23.5 Å². The highest BCUT2D eigenvalue weighted by Crippen LogP contribution is 2.39. The number of piperidine rings is 2. The Kier molecular flexibility index (Phi) is 9.68. The second-order valence-electron chi connectivity index (χ2n) is 15.0. The number of nitrogens with one attached hydrogen (secondary N) is 2. The standard InChI is InChI=1S/C40H42FN9O5/c1-47-37-28(4-3-5-32(37)50(40(47)54)33-10-11-36(51)46-39(33)53)27-12-13-48(20-29(27)41)19-23-6-8-25(9-7-23)30-21-49-22-31(34(55-2)15-35(49)44-30)45-38(52)26-14-24(16-42)17-43-18-26/h3-5,14-15,17-18,21-23,25,27,29,33H,6-13,19-20H2,1-2H3,(H,45,52)(H,46,51,53)/t23?,25?,27-,29+,33?/m0/s1. The van der Waals surface area contributed by atoms with Gasteiger partial charge in [0.1, 0.15) is 35.4 Å². The van der Waals surface area contributed by atoms with E-state index in [0.29, 0.717) is 52.6 Å². The van der Waals surface area contributed by atoms with Crippen LogP contribution in [0.5, 0.6) is 5.75 Å². The summed E-state index contributed by atoms with van der Waals surface area (Å²) < 4.78 is 26.5. The molecule has 0 spiro atoms. The van der Waals surface area contributed by atoms with Crippen molar-refractivity contribution in [3.63, 3.8) is 0 Å². The number of alkyl halides is 1. The Labute approximate surface area is 315 Å². The first-order valence-electron chi connectivity index (χ1n) is 18.7. The lowest BCUT2D eigenvalue weighted by atomic mass is 9.80. The van der Waals surface area contributed by atoms with Crippen LogP contribution >= 0.6 is 0 Å². The molecule has 0 bridgehead atoms. The molecular formula is C40H42FN9O5. The van der Waals surface area contributed by atoms with Gasteiger partial charge in [-0.05, 0) is 68.7 Å². The smallest absolute Gasteiger partial charge is 0.329 e. The fourth-order valence-electron chi connectivity index (χ4n) is 8.80. The third-order valence-corrected chi connectivity index (χ3v) is 11.6. The number of hydrogen-bond acceptors (Lipinski definition) is 9. The summed E-state index contributed by atoms with van der Waals surface area (Å²) in [6.45, 7) is 1.89. The van der Waals surface area contributed by atoms with Gasteiger partial charge in [-0.2, -0.15) is 5.26 Å². The van der Waals surface area contributed by atoms with Gasteiger partial charge in [0.05, 0.1) is 35.0 Å². The number of rotatable bonds is 8. The lowest BCUT2D eigenvalue weighted by Gasteiger charge is -2.38. The molecule has 15 heteroatoms. The molecule has 2 N–H and O–H groups in total. The molecule has 2 saturated heterocycles. The Hall–Kier alpha value is -5.88. The summed E-state index contributed by atoms with van der Waals surface area (Å²) in [5, 5.41) is 14.4. The third kappa shape index (κ3) is 6.86. The SMILES string of the molecule is COc1cc2nc(C3CCC(CN4CC[C@@H](c5cccc6c5n(C)c(=O)n6C5CCC(=O)NC5=O)[C@H](F)C4)CC3)cn2cc1NC(=O)c1cncc(C#N)c1. The van der Waals surface area contributed by atoms with Crippen LogP contribution in [0.2, 0.25) is 0 Å². The number of fused-ring (bicyclic) bond motifs is 2. The Balaban J connectivity index is 0.895. The lowest BCUT2D eigenvalue weighted by Crippen LogP contribution is -2.44. The number of amides is 3. The van der Waals surface area contributed by atoms with Crippen LogP contribution in [0, 0.1) is 17.2 Å².